The number of phenolic OH excluding ortho intramolecular Hbond substituents is 1. The van der Waals surface area contributed by atoms with Crippen molar-refractivity contribution in [1.82, 2.24) is 14.1 Å². The van der Waals surface area contributed by atoms with Gasteiger partial charge in [0.15, 0.2) is 11.5 Å². The van der Waals surface area contributed by atoms with Crippen molar-refractivity contribution in [2.45, 2.75) is 0 Å². The number of nitrogens with one attached hydrogen (secondary N) is 1. The van der Waals surface area contributed by atoms with Crippen molar-refractivity contribution in [3.05, 3.63) is 98.8 Å². The van der Waals surface area contributed by atoms with Gasteiger partial charge in [0, 0.05) is 11.3 Å². The molecular weight excluding hydrogens is 470 g/mol. The summed E-state index contributed by atoms with van der Waals surface area (Å²) in [6.07, 6.45) is 0. The molecule has 8 nitrogen and oxygen atoms in total. The summed E-state index contributed by atoms with van der Waals surface area (Å²) < 4.78 is 13.1. The number of hydrogen-bond donors (Lipinski definition) is 2. The second-order valence-corrected chi connectivity index (χ2v) is 8.10. The molecule has 9 heteroatoms. The van der Waals surface area contributed by atoms with Gasteiger partial charge in [0.2, 0.25) is 0 Å². The first-order valence-corrected chi connectivity index (χ1v) is 11.0. The molecular formula is C26H20ClN3O5. The number of fused-ring (bicyclic) bond motifs is 1. The van der Waals surface area contributed by atoms with Gasteiger partial charge < -0.3 is 19.6 Å². The van der Waals surface area contributed by atoms with Crippen molar-refractivity contribution in [3.8, 4) is 39.8 Å². The van der Waals surface area contributed by atoms with Crippen molar-refractivity contribution in [2.24, 2.45) is 0 Å². The molecule has 35 heavy (non-hydrogen) atoms. The lowest BCUT2D eigenvalue weighted by Gasteiger charge is -2.12. The predicted molar refractivity (Wildman–Crippen MR) is 135 cm³/mol. The fraction of sp³-hybridized carbons (Fsp3) is 0.0769. The number of nitrogens with zero attached hydrogens (tertiary/aromatic N) is 2. The van der Waals surface area contributed by atoms with Gasteiger partial charge in [-0.05, 0) is 42.0 Å². The second-order valence-electron chi connectivity index (χ2n) is 7.71. The van der Waals surface area contributed by atoms with E-state index >= 15 is 0 Å². The molecule has 0 saturated heterocycles. The Balaban J connectivity index is 1.69. The Morgan fingerprint density at radius 3 is 2.26 bits per heavy atom. The SMILES string of the molecule is COc1ccccc1-n1c(=O)[nH]c2cc(Cl)n(-c3ccc(-c4cccc(OC)c4O)cc3)c2c1=O. The minimum absolute atomic E-state index is 0.0319. The number of methoxy groups -OCH3 is 2. The zero-order valence-corrected chi connectivity index (χ0v) is 19.5. The van der Waals surface area contributed by atoms with Gasteiger partial charge in [0.05, 0.1) is 25.4 Å². The van der Waals surface area contributed by atoms with Crippen LogP contribution in [0, 0.1) is 0 Å². The van der Waals surface area contributed by atoms with Crippen molar-refractivity contribution in [2.75, 3.05) is 14.2 Å². The van der Waals surface area contributed by atoms with Crippen LogP contribution < -0.4 is 20.7 Å². The third-order valence-corrected chi connectivity index (χ3v) is 6.07. The zero-order chi connectivity index (χ0) is 24.7. The van der Waals surface area contributed by atoms with Gasteiger partial charge in [-0.25, -0.2) is 9.36 Å². The number of aromatic nitrogens is 3. The number of hydrogen-bond acceptors (Lipinski definition) is 5. The van der Waals surface area contributed by atoms with E-state index < -0.39 is 11.2 Å². The number of rotatable bonds is 5. The first-order valence-electron chi connectivity index (χ1n) is 10.6. The van der Waals surface area contributed by atoms with E-state index in [9.17, 15) is 14.7 Å². The lowest BCUT2D eigenvalue weighted by Crippen LogP contribution is -2.34. The third-order valence-electron chi connectivity index (χ3n) is 5.79. The smallest absolute Gasteiger partial charge is 0.333 e. The van der Waals surface area contributed by atoms with Crippen LogP contribution in [0.4, 0.5) is 0 Å². The summed E-state index contributed by atoms with van der Waals surface area (Å²) in [5.74, 6) is 0.780. The number of benzene rings is 3. The van der Waals surface area contributed by atoms with E-state index in [2.05, 4.69) is 4.98 Å². The van der Waals surface area contributed by atoms with Gasteiger partial charge in [-0.1, -0.05) is 48.0 Å². The standard InChI is InChI=1S/C26H20ClN3O5/c1-34-20-8-4-3-7-19(20)30-25(32)23-18(28-26(30)33)14-22(27)29(23)16-12-10-15(11-13-16)17-6-5-9-21(35-2)24(17)31/h3-14,31H,1-2H3,(H,28,33). The number of para-hydroxylation sites is 3. The quantitative estimate of drug-likeness (QED) is 0.378. The fourth-order valence-electron chi connectivity index (χ4n) is 4.15. The molecule has 0 spiro atoms. The summed E-state index contributed by atoms with van der Waals surface area (Å²) >= 11 is 6.52. The van der Waals surface area contributed by atoms with Crippen LogP contribution in [-0.4, -0.2) is 33.4 Å². The minimum atomic E-state index is -0.607. The molecule has 5 rings (SSSR count). The van der Waals surface area contributed by atoms with Crippen LogP contribution in [0.2, 0.25) is 5.15 Å². The number of halogens is 1. The van der Waals surface area contributed by atoms with E-state index in [0.717, 1.165) is 10.1 Å². The molecule has 2 heterocycles. The lowest BCUT2D eigenvalue weighted by atomic mass is 10.0. The number of aromatic hydroxyl groups is 1. The van der Waals surface area contributed by atoms with E-state index in [-0.39, 0.29) is 16.4 Å². The van der Waals surface area contributed by atoms with Crippen LogP contribution in [0.3, 0.4) is 0 Å². The van der Waals surface area contributed by atoms with Gasteiger partial charge in [-0.2, -0.15) is 0 Å². The van der Waals surface area contributed by atoms with Gasteiger partial charge in [0.1, 0.15) is 16.4 Å². The number of ether oxygens (including phenoxy) is 2. The highest BCUT2D eigenvalue weighted by atomic mass is 35.5. The summed E-state index contributed by atoms with van der Waals surface area (Å²) in [6, 6.07) is 20.7. The molecule has 0 unspecified atom stereocenters. The fourth-order valence-corrected chi connectivity index (χ4v) is 4.44. The number of phenols is 1. The summed E-state index contributed by atoms with van der Waals surface area (Å²) in [7, 11) is 2.96. The number of aromatic amines is 1. The van der Waals surface area contributed by atoms with Crippen LogP contribution >= 0.6 is 11.6 Å². The van der Waals surface area contributed by atoms with Crippen molar-refractivity contribution >= 4 is 22.6 Å². The van der Waals surface area contributed by atoms with Crippen LogP contribution in [0.5, 0.6) is 17.2 Å². The molecule has 2 N–H and O–H groups in total. The maximum atomic E-state index is 13.6. The van der Waals surface area contributed by atoms with Crippen LogP contribution in [-0.2, 0) is 0 Å². The lowest BCUT2D eigenvalue weighted by molar-refractivity contribution is 0.374. The largest absolute Gasteiger partial charge is 0.504 e. The van der Waals surface area contributed by atoms with E-state index in [1.807, 2.05) is 0 Å². The third kappa shape index (κ3) is 3.64. The highest BCUT2D eigenvalue weighted by Crippen LogP contribution is 2.37. The molecule has 3 aromatic carbocycles. The van der Waals surface area contributed by atoms with Crippen LogP contribution in [0.1, 0.15) is 0 Å². The summed E-state index contributed by atoms with van der Waals surface area (Å²) in [6.45, 7) is 0. The Labute approximate surface area is 204 Å². The van der Waals surface area contributed by atoms with Crippen molar-refractivity contribution < 1.29 is 14.6 Å². The Morgan fingerprint density at radius 1 is 0.857 bits per heavy atom. The molecule has 0 aliphatic heterocycles. The highest BCUT2D eigenvalue weighted by Gasteiger charge is 2.19. The molecule has 0 radical (unpaired) electrons. The van der Waals surface area contributed by atoms with E-state index in [0.29, 0.717) is 34.0 Å². The Hall–Kier alpha value is -4.43. The van der Waals surface area contributed by atoms with Gasteiger partial charge in [-0.15, -0.1) is 0 Å². The summed E-state index contributed by atoms with van der Waals surface area (Å²) in [5.41, 5.74) is 1.63. The van der Waals surface area contributed by atoms with Crippen molar-refractivity contribution in [1.29, 1.82) is 0 Å². The van der Waals surface area contributed by atoms with Gasteiger partial charge in [0.25, 0.3) is 5.56 Å². The molecule has 0 bridgehead atoms. The predicted octanol–water partition coefficient (Wildman–Crippen LogP) is 4.51. The Kier molecular flexibility index (Phi) is 5.58. The molecule has 0 amide bonds. The average molecular weight is 490 g/mol. The first kappa shape index (κ1) is 22.4. The number of H-pyrrole nitrogens is 1. The topological polar surface area (TPSA) is 98.5 Å². The van der Waals surface area contributed by atoms with Crippen molar-refractivity contribution in [3.63, 3.8) is 0 Å². The van der Waals surface area contributed by atoms with Crippen LogP contribution in [0.15, 0.2) is 82.4 Å². The molecule has 176 valence electrons. The molecule has 0 fully saturated rings. The summed E-state index contributed by atoms with van der Waals surface area (Å²) in [4.78, 5) is 29.2. The van der Waals surface area contributed by atoms with Gasteiger partial charge >= 0.3 is 5.69 Å². The maximum absolute atomic E-state index is 13.6. The maximum Gasteiger partial charge on any atom is 0.333 e. The summed E-state index contributed by atoms with van der Waals surface area (Å²) in [5, 5.41) is 10.7. The Bertz CT molecular complexity index is 1680. The second kappa shape index (κ2) is 8.73. The zero-order valence-electron chi connectivity index (χ0n) is 18.8. The van der Waals surface area contributed by atoms with Gasteiger partial charge in [-0.3, -0.25) is 9.36 Å². The highest BCUT2D eigenvalue weighted by molar-refractivity contribution is 6.31. The molecule has 2 aromatic heterocycles. The molecule has 0 aliphatic carbocycles. The molecule has 5 aromatic rings. The first-order chi connectivity index (χ1) is 16.9. The monoisotopic (exact) mass is 489 g/mol. The molecule has 0 saturated carbocycles. The molecule has 0 atom stereocenters. The molecule has 0 aliphatic rings. The van der Waals surface area contributed by atoms with Crippen LogP contribution in [0.25, 0.3) is 33.5 Å². The van der Waals surface area contributed by atoms with E-state index in [1.165, 1.54) is 20.3 Å². The van der Waals surface area contributed by atoms with E-state index in [4.69, 9.17) is 21.1 Å². The Morgan fingerprint density at radius 2 is 1.54 bits per heavy atom. The normalized spacial score (nSPS) is 11.1. The van der Waals surface area contributed by atoms with E-state index in [1.54, 1.807) is 71.3 Å². The minimum Gasteiger partial charge on any atom is -0.504 e. The average Bonchev–Trinajstić information content (AvgIpc) is 3.20.